The maximum Gasteiger partial charge on any atom is 0.302 e. The SMILES string of the molecule is CC(=O)O[C@@H]1CCOC[C@H]1C. The zero-order valence-corrected chi connectivity index (χ0v) is 7.00. The van der Waals surface area contributed by atoms with Gasteiger partial charge in [0.25, 0.3) is 0 Å². The van der Waals surface area contributed by atoms with Crippen molar-refractivity contribution in [2.75, 3.05) is 13.2 Å². The Balaban J connectivity index is 2.35. The first-order valence-electron chi connectivity index (χ1n) is 3.95. The summed E-state index contributed by atoms with van der Waals surface area (Å²) in [6.45, 7) is 4.90. The molecule has 64 valence electrons. The van der Waals surface area contributed by atoms with Crippen LogP contribution in [0.5, 0.6) is 0 Å². The first-order valence-corrected chi connectivity index (χ1v) is 3.95. The van der Waals surface area contributed by atoms with Gasteiger partial charge in [-0.25, -0.2) is 0 Å². The van der Waals surface area contributed by atoms with Gasteiger partial charge in [-0.2, -0.15) is 0 Å². The van der Waals surface area contributed by atoms with Gasteiger partial charge in [-0.1, -0.05) is 6.92 Å². The number of rotatable bonds is 1. The van der Waals surface area contributed by atoms with Crippen LogP contribution in [0.1, 0.15) is 20.3 Å². The minimum absolute atomic E-state index is 0.0706. The molecule has 11 heavy (non-hydrogen) atoms. The Morgan fingerprint density at radius 1 is 1.64 bits per heavy atom. The van der Waals surface area contributed by atoms with Crippen molar-refractivity contribution in [1.82, 2.24) is 0 Å². The maximum atomic E-state index is 10.6. The van der Waals surface area contributed by atoms with Crippen LogP contribution in [0, 0.1) is 5.92 Å². The van der Waals surface area contributed by atoms with E-state index in [1.54, 1.807) is 0 Å². The molecule has 0 saturated carbocycles. The normalized spacial score (nSPS) is 31.5. The summed E-state index contributed by atoms with van der Waals surface area (Å²) in [4.78, 5) is 10.6. The average Bonchev–Trinajstić information content (AvgIpc) is 1.93. The molecule has 3 heteroatoms. The van der Waals surface area contributed by atoms with E-state index in [1.165, 1.54) is 6.92 Å². The van der Waals surface area contributed by atoms with Crippen LogP contribution < -0.4 is 0 Å². The number of ether oxygens (including phenoxy) is 2. The predicted molar refractivity (Wildman–Crippen MR) is 40.2 cm³/mol. The molecular formula is C8H14O3. The molecule has 2 atom stereocenters. The van der Waals surface area contributed by atoms with E-state index in [-0.39, 0.29) is 12.1 Å². The van der Waals surface area contributed by atoms with E-state index in [0.717, 1.165) is 6.42 Å². The van der Waals surface area contributed by atoms with Crippen LogP contribution >= 0.6 is 0 Å². The third-order valence-electron chi connectivity index (χ3n) is 1.88. The van der Waals surface area contributed by atoms with Crippen LogP contribution in [0.4, 0.5) is 0 Å². The summed E-state index contributed by atoms with van der Waals surface area (Å²) >= 11 is 0. The Labute approximate surface area is 66.7 Å². The van der Waals surface area contributed by atoms with E-state index in [9.17, 15) is 4.79 Å². The summed E-state index contributed by atoms with van der Waals surface area (Å²) in [7, 11) is 0. The van der Waals surface area contributed by atoms with Gasteiger partial charge in [-0.05, 0) is 0 Å². The maximum absolute atomic E-state index is 10.6. The number of hydrogen-bond acceptors (Lipinski definition) is 3. The van der Waals surface area contributed by atoms with Crippen molar-refractivity contribution in [3.8, 4) is 0 Å². The Morgan fingerprint density at radius 2 is 2.36 bits per heavy atom. The smallest absolute Gasteiger partial charge is 0.302 e. The van der Waals surface area contributed by atoms with Crippen LogP contribution in [-0.2, 0) is 14.3 Å². The molecule has 0 aromatic rings. The van der Waals surface area contributed by atoms with Crippen LogP contribution in [0.15, 0.2) is 0 Å². The quantitative estimate of drug-likeness (QED) is 0.533. The molecule has 0 amide bonds. The molecule has 0 unspecified atom stereocenters. The molecule has 1 rings (SSSR count). The lowest BCUT2D eigenvalue weighted by Crippen LogP contribution is -2.33. The standard InChI is InChI=1S/C8H14O3/c1-6-5-10-4-3-8(6)11-7(2)9/h6,8H,3-5H2,1-2H3/t6-,8-/m1/s1. The lowest BCUT2D eigenvalue weighted by molar-refractivity contribution is -0.154. The molecule has 0 radical (unpaired) electrons. The molecule has 1 aliphatic rings. The molecule has 3 nitrogen and oxygen atoms in total. The third-order valence-corrected chi connectivity index (χ3v) is 1.88. The number of carbonyl (C=O) groups excluding carboxylic acids is 1. The predicted octanol–water partition coefficient (Wildman–Crippen LogP) is 0.974. The molecule has 1 heterocycles. The van der Waals surface area contributed by atoms with E-state index in [4.69, 9.17) is 9.47 Å². The highest BCUT2D eigenvalue weighted by Gasteiger charge is 2.23. The Morgan fingerprint density at radius 3 is 2.91 bits per heavy atom. The van der Waals surface area contributed by atoms with Gasteiger partial charge < -0.3 is 9.47 Å². The van der Waals surface area contributed by atoms with Gasteiger partial charge >= 0.3 is 5.97 Å². The number of hydrogen-bond donors (Lipinski definition) is 0. The second kappa shape index (κ2) is 3.72. The minimum Gasteiger partial charge on any atom is -0.462 e. The van der Waals surface area contributed by atoms with Crippen LogP contribution in [0.25, 0.3) is 0 Å². The van der Waals surface area contributed by atoms with E-state index in [1.807, 2.05) is 6.92 Å². The van der Waals surface area contributed by atoms with Crippen molar-refractivity contribution in [1.29, 1.82) is 0 Å². The van der Waals surface area contributed by atoms with Gasteiger partial charge in [-0.15, -0.1) is 0 Å². The number of carbonyl (C=O) groups is 1. The van der Waals surface area contributed by atoms with Crippen molar-refractivity contribution in [2.45, 2.75) is 26.4 Å². The topological polar surface area (TPSA) is 35.5 Å². The summed E-state index contributed by atoms with van der Waals surface area (Å²) in [5.74, 6) is 0.149. The monoisotopic (exact) mass is 158 g/mol. The van der Waals surface area contributed by atoms with Crippen LogP contribution in [-0.4, -0.2) is 25.3 Å². The zero-order chi connectivity index (χ0) is 8.27. The molecule has 0 aromatic heterocycles. The molecule has 0 aliphatic carbocycles. The highest BCUT2D eigenvalue weighted by atomic mass is 16.6. The Hall–Kier alpha value is -0.570. The second-order valence-corrected chi connectivity index (χ2v) is 2.99. The molecule has 0 aromatic carbocycles. The van der Waals surface area contributed by atoms with Crippen molar-refractivity contribution < 1.29 is 14.3 Å². The van der Waals surface area contributed by atoms with Gasteiger partial charge in [0.2, 0.25) is 0 Å². The van der Waals surface area contributed by atoms with Gasteiger partial charge in [0, 0.05) is 19.3 Å². The molecule has 0 spiro atoms. The van der Waals surface area contributed by atoms with Crippen LogP contribution in [0.2, 0.25) is 0 Å². The van der Waals surface area contributed by atoms with E-state index >= 15 is 0 Å². The highest BCUT2D eigenvalue weighted by molar-refractivity contribution is 5.66. The van der Waals surface area contributed by atoms with Crippen molar-refractivity contribution in [3.63, 3.8) is 0 Å². The molecule has 0 bridgehead atoms. The van der Waals surface area contributed by atoms with Gasteiger partial charge in [0.1, 0.15) is 6.10 Å². The van der Waals surface area contributed by atoms with Gasteiger partial charge in [0.15, 0.2) is 0 Å². The molecule has 1 saturated heterocycles. The average molecular weight is 158 g/mol. The van der Waals surface area contributed by atoms with Crippen molar-refractivity contribution >= 4 is 5.97 Å². The summed E-state index contributed by atoms with van der Waals surface area (Å²) in [6.07, 6.45) is 0.905. The Kier molecular flexibility index (Phi) is 2.88. The third kappa shape index (κ3) is 2.50. The fourth-order valence-electron chi connectivity index (χ4n) is 1.25. The number of esters is 1. The Bertz CT molecular complexity index is 144. The second-order valence-electron chi connectivity index (χ2n) is 2.99. The largest absolute Gasteiger partial charge is 0.462 e. The first kappa shape index (κ1) is 8.53. The molecular weight excluding hydrogens is 144 g/mol. The fraction of sp³-hybridized carbons (Fsp3) is 0.875. The summed E-state index contributed by atoms with van der Waals surface area (Å²) < 4.78 is 10.3. The summed E-state index contributed by atoms with van der Waals surface area (Å²) in [5.41, 5.74) is 0. The zero-order valence-electron chi connectivity index (χ0n) is 7.00. The molecule has 1 aliphatic heterocycles. The lowest BCUT2D eigenvalue weighted by Gasteiger charge is -2.27. The van der Waals surface area contributed by atoms with E-state index < -0.39 is 0 Å². The van der Waals surface area contributed by atoms with E-state index in [0.29, 0.717) is 19.1 Å². The fourth-order valence-corrected chi connectivity index (χ4v) is 1.25. The van der Waals surface area contributed by atoms with Crippen LogP contribution in [0.3, 0.4) is 0 Å². The highest BCUT2D eigenvalue weighted by Crippen LogP contribution is 2.17. The molecule has 1 fully saturated rings. The van der Waals surface area contributed by atoms with Gasteiger partial charge in [-0.3, -0.25) is 4.79 Å². The van der Waals surface area contributed by atoms with E-state index in [2.05, 4.69) is 0 Å². The summed E-state index contributed by atoms with van der Waals surface area (Å²) in [5, 5.41) is 0. The van der Waals surface area contributed by atoms with Crippen molar-refractivity contribution in [2.24, 2.45) is 5.92 Å². The lowest BCUT2D eigenvalue weighted by atomic mass is 10.0. The van der Waals surface area contributed by atoms with Crippen molar-refractivity contribution in [3.05, 3.63) is 0 Å². The summed E-state index contributed by atoms with van der Waals surface area (Å²) in [6, 6.07) is 0. The first-order chi connectivity index (χ1) is 5.20. The minimum atomic E-state index is -0.191. The molecule has 0 N–H and O–H groups in total. The van der Waals surface area contributed by atoms with Gasteiger partial charge in [0.05, 0.1) is 13.2 Å².